The number of carbonyl (C=O) groups is 2. The van der Waals surface area contributed by atoms with Gasteiger partial charge in [-0.2, -0.15) is 0 Å². The van der Waals surface area contributed by atoms with Gasteiger partial charge in [0, 0.05) is 6.42 Å². The SMILES string of the molecule is CCOc1cc(C2C(C(=O)CCc3ccccc3)=C(O)C(=O)N2c2ccccc2OC)ccc1OC. The molecule has 0 radical (unpaired) electrons. The smallest absolute Gasteiger partial charge is 0.294 e. The number of ketones is 1. The average molecular weight is 488 g/mol. The van der Waals surface area contributed by atoms with Gasteiger partial charge in [0.15, 0.2) is 23.0 Å². The van der Waals surface area contributed by atoms with Crippen LogP contribution in [0.3, 0.4) is 0 Å². The predicted octanol–water partition coefficient (Wildman–Crippen LogP) is 5.20. The van der Waals surface area contributed by atoms with Gasteiger partial charge in [0.1, 0.15) is 5.75 Å². The zero-order chi connectivity index (χ0) is 25.7. The number of carbonyl (C=O) groups excluding carboxylic acids is 2. The molecule has 1 atom stereocenters. The number of methoxy groups -OCH3 is 2. The molecule has 1 aliphatic rings. The van der Waals surface area contributed by atoms with Gasteiger partial charge in [-0.1, -0.05) is 48.5 Å². The summed E-state index contributed by atoms with van der Waals surface area (Å²) in [7, 11) is 3.05. The summed E-state index contributed by atoms with van der Waals surface area (Å²) >= 11 is 0. The van der Waals surface area contributed by atoms with Gasteiger partial charge in [0.25, 0.3) is 5.91 Å². The maximum Gasteiger partial charge on any atom is 0.294 e. The molecule has 7 heteroatoms. The van der Waals surface area contributed by atoms with E-state index in [1.165, 1.54) is 12.0 Å². The molecule has 186 valence electrons. The normalized spacial score (nSPS) is 15.2. The van der Waals surface area contributed by atoms with Gasteiger partial charge >= 0.3 is 0 Å². The summed E-state index contributed by atoms with van der Waals surface area (Å²) in [4.78, 5) is 28.4. The lowest BCUT2D eigenvalue weighted by Crippen LogP contribution is -2.31. The molecule has 0 saturated heterocycles. The number of hydrogen-bond acceptors (Lipinski definition) is 6. The lowest BCUT2D eigenvalue weighted by Gasteiger charge is -2.28. The number of para-hydroxylation sites is 2. The minimum atomic E-state index is -0.873. The Balaban J connectivity index is 1.80. The summed E-state index contributed by atoms with van der Waals surface area (Å²) in [6.45, 7) is 2.26. The van der Waals surface area contributed by atoms with Crippen molar-refractivity contribution in [3.63, 3.8) is 0 Å². The lowest BCUT2D eigenvalue weighted by atomic mass is 9.92. The second-order valence-corrected chi connectivity index (χ2v) is 8.26. The second-order valence-electron chi connectivity index (χ2n) is 8.26. The third-order valence-electron chi connectivity index (χ3n) is 6.14. The van der Waals surface area contributed by atoms with Crippen LogP contribution in [0.5, 0.6) is 17.2 Å². The van der Waals surface area contributed by atoms with Gasteiger partial charge in [0.2, 0.25) is 0 Å². The second kappa shape index (κ2) is 11.0. The van der Waals surface area contributed by atoms with E-state index in [0.29, 0.717) is 41.5 Å². The molecule has 36 heavy (non-hydrogen) atoms. The van der Waals surface area contributed by atoms with Crippen molar-refractivity contribution >= 4 is 17.4 Å². The maximum absolute atomic E-state index is 13.5. The summed E-state index contributed by atoms with van der Waals surface area (Å²) in [6.07, 6.45) is 0.625. The number of anilines is 1. The van der Waals surface area contributed by atoms with Crippen LogP contribution in [0.4, 0.5) is 5.69 Å². The number of nitrogens with zero attached hydrogens (tertiary/aromatic N) is 1. The van der Waals surface area contributed by atoms with E-state index in [9.17, 15) is 14.7 Å². The largest absolute Gasteiger partial charge is 0.503 e. The fraction of sp³-hybridized carbons (Fsp3) is 0.241. The first-order valence-corrected chi connectivity index (χ1v) is 11.8. The van der Waals surface area contributed by atoms with Crippen LogP contribution in [0.1, 0.15) is 30.5 Å². The van der Waals surface area contributed by atoms with Gasteiger partial charge in [-0.15, -0.1) is 0 Å². The van der Waals surface area contributed by atoms with Crippen molar-refractivity contribution in [2.45, 2.75) is 25.8 Å². The summed E-state index contributed by atoms with van der Waals surface area (Å²) in [5.41, 5.74) is 2.10. The molecule has 0 aromatic heterocycles. The molecule has 1 aliphatic heterocycles. The third-order valence-corrected chi connectivity index (χ3v) is 6.14. The first-order chi connectivity index (χ1) is 17.5. The molecule has 1 heterocycles. The highest BCUT2D eigenvalue weighted by Crippen LogP contribution is 2.45. The van der Waals surface area contributed by atoms with Crippen molar-refractivity contribution in [1.82, 2.24) is 0 Å². The molecule has 3 aromatic carbocycles. The number of aryl methyl sites for hydroxylation is 1. The van der Waals surface area contributed by atoms with Crippen LogP contribution in [0.2, 0.25) is 0 Å². The Kier molecular flexibility index (Phi) is 7.59. The fourth-order valence-corrected chi connectivity index (χ4v) is 4.45. The number of hydrogen-bond donors (Lipinski definition) is 1. The quantitative estimate of drug-likeness (QED) is 0.423. The molecule has 0 saturated carbocycles. The zero-order valence-electron chi connectivity index (χ0n) is 20.6. The Morgan fingerprint density at radius 2 is 1.61 bits per heavy atom. The molecule has 0 fully saturated rings. The van der Waals surface area contributed by atoms with Crippen LogP contribution in [-0.2, 0) is 16.0 Å². The summed E-state index contributed by atoms with van der Waals surface area (Å²) < 4.78 is 16.7. The first kappa shape index (κ1) is 24.9. The lowest BCUT2D eigenvalue weighted by molar-refractivity contribution is -0.118. The third kappa shape index (κ3) is 4.77. The van der Waals surface area contributed by atoms with Crippen LogP contribution >= 0.6 is 0 Å². The van der Waals surface area contributed by atoms with Crippen molar-refractivity contribution in [2.75, 3.05) is 25.7 Å². The highest BCUT2D eigenvalue weighted by molar-refractivity contribution is 6.17. The van der Waals surface area contributed by atoms with Crippen molar-refractivity contribution in [3.05, 3.63) is 95.3 Å². The van der Waals surface area contributed by atoms with E-state index in [-0.39, 0.29) is 17.8 Å². The Bertz CT molecular complexity index is 1280. The van der Waals surface area contributed by atoms with Crippen LogP contribution < -0.4 is 19.1 Å². The van der Waals surface area contributed by atoms with E-state index in [1.807, 2.05) is 37.3 Å². The average Bonchev–Trinajstić information content (AvgIpc) is 3.18. The standard InChI is InChI=1S/C29H29NO6/c1-4-36-25-18-20(15-17-24(25)35-3)27-26(22(31)16-14-19-10-6-5-7-11-19)28(32)29(33)30(27)21-12-8-9-13-23(21)34-2/h5-13,15,17-18,27,32H,4,14,16H2,1-3H3. The summed E-state index contributed by atoms with van der Waals surface area (Å²) in [5, 5.41) is 11.0. The van der Waals surface area contributed by atoms with Crippen LogP contribution in [-0.4, -0.2) is 37.6 Å². The van der Waals surface area contributed by atoms with Crippen molar-refractivity contribution in [2.24, 2.45) is 0 Å². The monoisotopic (exact) mass is 487 g/mol. The highest BCUT2D eigenvalue weighted by atomic mass is 16.5. The van der Waals surface area contributed by atoms with Gasteiger partial charge in [-0.05, 0) is 48.7 Å². The van der Waals surface area contributed by atoms with E-state index in [4.69, 9.17) is 14.2 Å². The molecule has 0 spiro atoms. The number of ether oxygens (including phenoxy) is 3. The number of Topliss-reactive ketones (excluding diaryl/α,β-unsaturated/α-hetero) is 1. The molecule has 0 aliphatic carbocycles. The van der Waals surface area contributed by atoms with E-state index in [0.717, 1.165) is 5.56 Å². The Labute approximate surface area is 210 Å². The van der Waals surface area contributed by atoms with Crippen molar-refractivity contribution < 1.29 is 28.9 Å². The predicted molar refractivity (Wildman–Crippen MR) is 137 cm³/mol. The molecule has 1 unspecified atom stereocenters. The van der Waals surface area contributed by atoms with E-state index in [1.54, 1.807) is 49.6 Å². The summed E-state index contributed by atoms with van der Waals surface area (Å²) in [6, 6.07) is 21.0. The molecule has 1 N–H and O–H groups in total. The zero-order valence-corrected chi connectivity index (χ0v) is 20.6. The minimum Gasteiger partial charge on any atom is -0.503 e. The number of benzene rings is 3. The number of aliphatic hydroxyl groups excluding tert-OH is 1. The molecule has 1 amide bonds. The van der Waals surface area contributed by atoms with Gasteiger partial charge in [-0.25, -0.2) is 0 Å². The van der Waals surface area contributed by atoms with E-state index in [2.05, 4.69) is 0 Å². The Morgan fingerprint density at radius 1 is 0.917 bits per heavy atom. The maximum atomic E-state index is 13.5. The van der Waals surface area contributed by atoms with E-state index < -0.39 is 17.7 Å². The minimum absolute atomic E-state index is 0.0504. The number of amides is 1. The molecule has 7 nitrogen and oxygen atoms in total. The van der Waals surface area contributed by atoms with Crippen LogP contribution in [0.15, 0.2) is 84.1 Å². The number of aliphatic hydroxyl groups is 1. The molecular weight excluding hydrogens is 458 g/mol. The highest BCUT2D eigenvalue weighted by Gasteiger charge is 2.45. The van der Waals surface area contributed by atoms with Crippen molar-refractivity contribution in [3.8, 4) is 17.2 Å². The van der Waals surface area contributed by atoms with Gasteiger partial charge < -0.3 is 19.3 Å². The Hall–Kier alpha value is -4.26. The topological polar surface area (TPSA) is 85.3 Å². The van der Waals surface area contributed by atoms with Crippen molar-refractivity contribution in [1.29, 1.82) is 0 Å². The van der Waals surface area contributed by atoms with E-state index >= 15 is 0 Å². The molecule has 3 aromatic rings. The first-order valence-electron chi connectivity index (χ1n) is 11.8. The fourth-order valence-electron chi connectivity index (χ4n) is 4.45. The van der Waals surface area contributed by atoms with Crippen LogP contribution in [0.25, 0.3) is 0 Å². The summed E-state index contributed by atoms with van der Waals surface area (Å²) in [5.74, 6) is -0.0773. The molecule has 0 bridgehead atoms. The number of rotatable bonds is 10. The van der Waals surface area contributed by atoms with Crippen LogP contribution in [0, 0.1) is 0 Å². The van der Waals surface area contributed by atoms with Gasteiger partial charge in [0.05, 0.1) is 38.1 Å². The molecule has 4 rings (SSSR count). The molecular formula is C29H29NO6. The Morgan fingerprint density at radius 3 is 2.31 bits per heavy atom. The van der Waals surface area contributed by atoms with Gasteiger partial charge in [-0.3, -0.25) is 14.5 Å².